The van der Waals surface area contributed by atoms with E-state index in [0.717, 1.165) is 57.1 Å². The van der Waals surface area contributed by atoms with Gasteiger partial charge < -0.3 is 14.6 Å². The molecule has 2 aliphatic heterocycles. The van der Waals surface area contributed by atoms with Gasteiger partial charge in [-0.05, 0) is 26.2 Å². The molecule has 1 aromatic heterocycles. The molecule has 1 amide bonds. The van der Waals surface area contributed by atoms with Crippen LogP contribution in [0.3, 0.4) is 0 Å². The van der Waals surface area contributed by atoms with Crippen molar-refractivity contribution in [3.63, 3.8) is 0 Å². The molecule has 1 aliphatic carbocycles. The van der Waals surface area contributed by atoms with Crippen molar-refractivity contribution in [1.82, 2.24) is 19.8 Å². The number of nitrogens with one attached hydrogen (secondary N) is 1. The molecular weight excluding hydrogens is 280 g/mol. The summed E-state index contributed by atoms with van der Waals surface area (Å²) in [5.41, 5.74) is 1.12. The van der Waals surface area contributed by atoms with Crippen molar-refractivity contribution >= 4 is 5.91 Å². The van der Waals surface area contributed by atoms with Crippen LogP contribution in [0, 0.1) is 5.92 Å². The van der Waals surface area contributed by atoms with E-state index < -0.39 is 0 Å². The van der Waals surface area contributed by atoms with Gasteiger partial charge in [0.05, 0.1) is 31.1 Å². The fourth-order valence-electron chi connectivity index (χ4n) is 3.67. The van der Waals surface area contributed by atoms with Gasteiger partial charge in [-0.1, -0.05) is 0 Å². The Morgan fingerprint density at radius 2 is 2.27 bits per heavy atom. The van der Waals surface area contributed by atoms with Crippen molar-refractivity contribution in [3.8, 4) is 0 Å². The molecule has 2 fully saturated rings. The van der Waals surface area contributed by atoms with E-state index in [2.05, 4.69) is 26.7 Å². The molecule has 1 saturated carbocycles. The van der Waals surface area contributed by atoms with Gasteiger partial charge in [0.1, 0.15) is 5.82 Å². The third-order valence-electron chi connectivity index (χ3n) is 5.19. The summed E-state index contributed by atoms with van der Waals surface area (Å²) in [6.45, 7) is 6.52. The van der Waals surface area contributed by atoms with Crippen molar-refractivity contribution in [1.29, 1.82) is 0 Å². The minimum Gasteiger partial charge on any atom is -0.380 e. The molecular formula is C16H24N4O2. The summed E-state index contributed by atoms with van der Waals surface area (Å²) in [5.74, 6) is 1.58. The lowest BCUT2D eigenvalue weighted by Crippen LogP contribution is -2.44. The van der Waals surface area contributed by atoms with Crippen LogP contribution < -0.4 is 5.32 Å². The third kappa shape index (κ3) is 2.54. The maximum Gasteiger partial charge on any atom is 0.223 e. The molecule has 1 saturated heterocycles. The van der Waals surface area contributed by atoms with Gasteiger partial charge in [0, 0.05) is 31.7 Å². The van der Waals surface area contributed by atoms with Gasteiger partial charge in [-0.15, -0.1) is 0 Å². The standard InChI is InChI=1S/C16H24N4O2/c1-11-15-17-8-14(9-18-16(21)12-2-3-12)20(15)6-5-19(11)13-4-7-22-10-13/h8,11-13H,2-7,9-10H2,1H3,(H,18,21)/t11-,13-/m0/s1. The van der Waals surface area contributed by atoms with E-state index in [1.807, 2.05) is 6.20 Å². The summed E-state index contributed by atoms with van der Waals surface area (Å²) < 4.78 is 7.81. The predicted molar refractivity (Wildman–Crippen MR) is 81.1 cm³/mol. The molecule has 0 unspecified atom stereocenters. The number of nitrogens with zero attached hydrogens (tertiary/aromatic N) is 3. The normalized spacial score (nSPS) is 28.6. The molecule has 6 nitrogen and oxygen atoms in total. The molecule has 1 aromatic rings. The van der Waals surface area contributed by atoms with Gasteiger partial charge in [-0.2, -0.15) is 0 Å². The van der Waals surface area contributed by atoms with Crippen LogP contribution in [-0.2, 0) is 22.6 Å². The van der Waals surface area contributed by atoms with Gasteiger partial charge in [0.25, 0.3) is 0 Å². The number of amides is 1. The third-order valence-corrected chi connectivity index (χ3v) is 5.19. The Kier molecular flexibility index (Phi) is 3.66. The summed E-state index contributed by atoms with van der Waals surface area (Å²) in [6.07, 6.45) is 5.14. The first kappa shape index (κ1) is 14.2. The second-order valence-electron chi connectivity index (χ2n) is 6.68. The maximum atomic E-state index is 11.8. The predicted octanol–water partition coefficient (Wildman–Crippen LogP) is 1.07. The molecule has 0 spiro atoms. The first-order valence-electron chi connectivity index (χ1n) is 8.39. The van der Waals surface area contributed by atoms with E-state index in [0.29, 0.717) is 18.6 Å². The highest BCUT2D eigenvalue weighted by Crippen LogP contribution is 2.30. The van der Waals surface area contributed by atoms with Crippen molar-refractivity contribution in [2.24, 2.45) is 5.92 Å². The fourth-order valence-corrected chi connectivity index (χ4v) is 3.67. The average molecular weight is 304 g/mol. The summed E-state index contributed by atoms with van der Waals surface area (Å²) in [4.78, 5) is 18.9. The number of hydrogen-bond acceptors (Lipinski definition) is 4. The highest BCUT2D eigenvalue weighted by molar-refractivity contribution is 5.80. The number of fused-ring (bicyclic) bond motifs is 1. The zero-order valence-electron chi connectivity index (χ0n) is 13.1. The second-order valence-corrected chi connectivity index (χ2v) is 6.68. The van der Waals surface area contributed by atoms with Crippen LogP contribution in [0.4, 0.5) is 0 Å². The Labute approximate surface area is 130 Å². The van der Waals surface area contributed by atoms with Crippen molar-refractivity contribution in [2.75, 3.05) is 19.8 Å². The highest BCUT2D eigenvalue weighted by atomic mass is 16.5. The molecule has 3 aliphatic rings. The summed E-state index contributed by atoms with van der Waals surface area (Å²) >= 11 is 0. The lowest BCUT2D eigenvalue weighted by atomic mass is 10.1. The van der Waals surface area contributed by atoms with Crippen LogP contribution in [0.2, 0.25) is 0 Å². The zero-order valence-corrected chi connectivity index (χ0v) is 13.1. The molecule has 4 rings (SSSR count). The van der Waals surface area contributed by atoms with Crippen molar-refractivity contribution in [2.45, 2.75) is 51.4 Å². The molecule has 0 radical (unpaired) electrons. The topological polar surface area (TPSA) is 59.4 Å². The monoisotopic (exact) mass is 304 g/mol. The smallest absolute Gasteiger partial charge is 0.223 e. The van der Waals surface area contributed by atoms with E-state index in [1.165, 1.54) is 0 Å². The van der Waals surface area contributed by atoms with Crippen LogP contribution in [-0.4, -0.2) is 46.2 Å². The van der Waals surface area contributed by atoms with E-state index in [-0.39, 0.29) is 11.8 Å². The Morgan fingerprint density at radius 3 is 3.00 bits per heavy atom. The van der Waals surface area contributed by atoms with Crippen LogP contribution in [0.5, 0.6) is 0 Å². The lowest BCUT2D eigenvalue weighted by molar-refractivity contribution is -0.122. The Hall–Kier alpha value is -1.40. The lowest BCUT2D eigenvalue weighted by Gasteiger charge is -2.37. The molecule has 120 valence electrons. The molecule has 2 atom stereocenters. The quantitative estimate of drug-likeness (QED) is 0.904. The van der Waals surface area contributed by atoms with Gasteiger partial charge in [0.15, 0.2) is 0 Å². The number of hydrogen-bond donors (Lipinski definition) is 1. The van der Waals surface area contributed by atoms with Crippen LogP contribution >= 0.6 is 0 Å². The van der Waals surface area contributed by atoms with Crippen LogP contribution in [0.25, 0.3) is 0 Å². The largest absolute Gasteiger partial charge is 0.380 e. The number of rotatable bonds is 4. The number of aromatic nitrogens is 2. The summed E-state index contributed by atoms with van der Waals surface area (Å²) in [6, 6.07) is 0.840. The number of carbonyl (C=O) groups excluding carboxylic acids is 1. The summed E-state index contributed by atoms with van der Waals surface area (Å²) in [5, 5.41) is 3.04. The molecule has 1 N–H and O–H groups in total. The number of imidazole rings is 1. The second kappa shape index (κ2) is 5.66. The van der Waals surface area contributed by atoms with Crippen molar-refractivity contribution < 1.29 is 9.53 Å². The fraction of sp³-hybridized carbons (Fsp3) is 0.750. The maximum absolute atomic E-state index is 11.8. The Balaban J connectivity index is 1.45. The first-order chi connectivity index (χ1) is 10.7. The SMILES string of the molecule is C[C@H]1c2ncc(CNC(=O)C3CC3)n2CCN1[C@H]1CCOC1. The molecule has 0 bridgehead atoms. The highest BCUT2D eigenvalue weighted by Gasteiger charge is 2.34. The molecule has 22 heavy (non-hydrogen) atoms. The molecule has 0 aromatic carbocycles. The zero-order chi connectivity index (χ0) is 15.1. The van der Waals surface area contributed by atoms with E-state index in [4.69, 9.17) is 4.74 Å². The summed E-state index contributed by atoms with van der Waals surface area (Å²) in [7, 11) is 0. The molecule has 3 heterocycles. The van der Waals surface area contributed by atoms with Gasteiger partial charge in [0.2, 0.25) is 5.91 Å². The number of carbonyl (C=O) groups is 1. The first-order valence-corrected chi connectivity index (χ1v) is 8.39. The van der Waals surface area contributed by atoms with E-state index in [1.54, 1.807) is 0 Å². The van der Waals surface area contributed by atoms with Gasteiger partial charge in [-0.25, -0.2) is 4.98 Å². The van der Waals surface area contributed by atoms with Gasteiger partial charge >= 0.3 is 0 Å². The Morgan fingerprint density at radius 1 is 1.41 bits per heavy atom. The minimum atomic E-state index is 0.198. The minimum absolute atomic E-state index is 0.198. The van der Waals surface area contributed by atoms with Crippen LogP contribution in [0.1, 0.15) is 43.7 Å². The number of ether oxygens (including phenoxy) is 1. The van der Waals surface area contributed by atoms with E-state index >= 15 is 0 Å². The van der Waals surface area contributed by atoms with Crippen molar-refractivity contribution in [3.05, 3.63) is 17.7 Å². The average Bonchev–Trinajstić information content (AvgIpc) is 3.08. The van der Waals surface area contributed by atoms with E-state index in [9.17, 15) is 4.79 Å². The Bertz CT molecular complexity index is 560. The molecule has 6 heteroatoms. The van der Waals surface area contributed by atoms with Gasteiger partial charge in [-0.3, -0.25) is 9.69 Å². The van der Waals surface area contributed by atoms with Crippen LogP contribution in [0.15, 0.2) is 6.20 Å².